The minimum Gasteiger partial charge on any atom is -0.403 e. The van der Waals surface area contributed by atoms with Crippen molar-refractivity contribution in [2.45, 2.75) is 20.8 Å². The molecule has 0 spiro atoms. The highest BCUT2D eigenvalue weighted by molar-refractivity contribution is 8.02. The largest absolute Gasteiger partial charge is 0.403 e. The van der Waals surface area contributed by atoms with Crippen LogP contribution in [0.1, 0.15) is 20.8 Å². The van der Waals surface area contributed by atoms with Crippen LogP contribution in [0.15, 0.2) is 11.2 Å². The van der Waals surface area contributed by atoms with E-state index in [9.17, 15) is 0 Å². The van der Waals surface area contributed by atoms with Gasteiger partial charge in [-0.05, 0) is 5.75 Å². The van der Waals surface area contributed by atoms with Gasteiger partial charge in [0.25, 0.3) is 0 Å². The summed E-state index contributed by atoms with van der Waals surface area (Å²) in [6, 6.07) is 0. The highest BCUT2D eigenvalue weighted by atomic mass is 32.2. The minimum absolute atomic E-state index is 0.697. The van der Waals surface area contributed by atoms with Crippen LogP contribution in [0.5, 0.6) is 0 Å². The first-order valence-electron chi connectivity index (χ1n) is 3.11. The molecule has 0 aromatic carbocycles. The maximum absolute atomic E-state index is 5.28. The quantitative estimate of drug-likeness (QED) is 0.623. The summed E-state index contributed by atoms with van der Waals surface area (Å²) in [5.74, 6) is 0.986. The molecule has 0 saturated carbocycles. The zero-order valence-corrected chi connectivity index (χ0v) is 7.16. The Kier molecular flexibility index (Phi) is 13.6. The Morgan fingerprint density at radius 1 is 1.56 bits per heavy atom. The van der Waals surface area contributed by atoms with E-state index in [1.165, 1.54) is 6.20 Å². The fourth-order valence-electron chi connectivity index (χ4n) is 0.215. The summed E-state index contributed by atoms with van der Waals surface area (Å²) in [5, 5.41) is 0.697. The first-order chi connectivity index (χ1) is 4.31. The summed E-state index contributed by atoms with van der Waals surface area (Å²) in [6.45, 7) is 6.03. The van der Waals surface area contributed by atoms with Crippen molar-refractivity contribution >= 4 is 11.8 Å². The van der Waals surface area contributed by atoms with Crippen molar-refractivity contribution < 1.29 is 0 Å². The van der Waals surface area contributed by atoms with Crippen molar-refractivity contribution in [3.63, 3.8) is 0 Å². The predicted molar refractivity (Wildman–Crippen MR) is 45.9 cm³/mol. The number of hydrogen-bond donors (Lipinski definition) is 2. The van der Waals surface area contributed by atoms with Gasteiger partial charge in [-0.3, -0.25) is 0 Å². The molecule has 0 atom stereocenters. The molecule has 0 saturated heterocycles. The van der Waals surface area contributed by atoms with Gasteiger partial charge in [0.1, 0.15) is 0 Å². The van der Waals surface area contributed by atoms with Gasteiger partial charge in [0.2, 0.25) is 0 Å². The number of rotatable bonds is 2. The molecular formula is C6H16N2S. The van der Waals surface area contributed by atoms with Crippen LogP contribution in [-0.2, 0) is 0 Å². The molecule has 0 fully saturated rings. The first kappa shape index (κ1) is 11.5. The van der Waals surface area contributed by atoms with E-state index in [1.807, 2.05) is 20.8 Å². The molecule has 0 aliphatic carbocycles. The van der Waals surface area contributed by atoms with Crippen LogP contribution in [0, 0.1) is 0 Å². The van der Waals surface area contributed by atoms with Crippen LogP contribution >= 0.6 is 11.8 Å². The van der Waals surface area contributed by atoms with Gasteiger partial charge in [-0.1, -0.05) is 20.8 Å². The normalized spacial score (nSPS) is 9.89. The van der Waals surface area contributed by atoms with Crippen molar-refractivity contribution in [2.24, 2.45) is 11.5 Å². The molecule has 56 valence electrons. The van der Waals surface area contributed by atoms with E-state index in [2.05, 4.69) is 0 Å². The number of hydrogen-bond acceptors (Lipinski definition) is 3. The molecule has 0 aromatic heterocycles. The molecule has 0 rings (SSSR count). The Bertz CT molecular complexity index is 71.5. The summed E-state index contributed by atoms with van der Waals surface area (Å²) < 4.78 is 0. The fourth-order valence-corrected chi connectivity index (χ4v) is 0.644. The molecule has 4 N–H and O–H groups in total. The van der Waals surface area contributed by atoms with E-state index >= 15 is 0 Å². The summed E-state index contributed by atoms with van der Waals surface area (Å²) in [7, 11) is 0. The van der Waals surface area contributed by atoms with E-state index in [1.54, 1.807) is 11.8 Å². The third-order valence-corrected chi connectivity index (χ3v) is 1.23. The van der Waals surface area contributed by atoms with Crippen molar-refractivity contribution in [3.05, 3.63) is 11.2 Å². The average Bonchev–Trinajstić information content (AvgIpc) is 1.93. The fraction of sp³-hybridized carbons (Fsp3) is 0.667. The monoisotopic (exact) mass is 148 g/mol. The van der Waals surface area contributed by atoms with Gasteiger partial charge in [0, 0.05) is 6.20 Å². The molecule has 2 nitrogen and oxygen atoms in total. The third-order valence-electron chi connectivity index (χ3n) is 0.475. The molecule has 0 aliphatic rings. The molecule has 0 bridgehead atoms. The van der Waals surface area contributed by atoms with Crippen molar-refractivity contribution in [1.82, 2.24) is 0 Å². The molecule has 0 aromatic rings. The molecule has 0 aliphatic heterocycles. The van der Waals surface area contributed by atoms with Gasteiger partial charge in [-0.15, -0.1) is 11.8 Å². The molecule has 0 amide bonds. The number of nitrogens with two attached hydrogens (primary N) is 2. The van der Waals surface area contributed by atoms with Gasteiger partial charge in [-0.2, -0.15) is 0 Å². The lowest BCUT2D eigenvalue weighted by molar-refractivity contribution is 1.44. The van der Waals surface area contributed by atoms with Crippen LogP contribution in [0.2, 0.25) is 0 Å². The smallest absolute Gasteiger partial charge is 0.0813 e. The van der Waals surface area contributed by atoms with E-state index < -0.39 is 0 Å². The van der Waals surface area contributed by atoms with Gasteiger partial charge >= 0.3 is 0 Å². The average molecular weight is 148 g/mol. The van der Waals surface area contributed by atoms with Crippen molar-refractivity contribution in [2.75, 3.05) is 5.75 Å². The molecule has 0 heterocycles. The Morgan fingerprint density at radius 2 is 2.00 bits per heavy atom. The highest BCUT2D eigenvalue weighted by Gasteiger charge is 1.81. The van der Waals surface area contributed by atoms with E-state index in [-0.39, 0.29) is 0 Å². The van der Waals surface area contributed by atoms with Gasteiger partial charge in [0.05, 0.1) is 5.03 Å². The van der Waals surface area contributed by atoms with Crippen LogP contribution in [0.25, 0.3) is 0 Å². The van der Waals surface area contributed by atoms with Gasteiger partial charge < -0.3 is 11.5 Å². The lowest BCUT2D eigenvalue weighted by atomic mass is 10.9. The van der Waals surface area contributed by atoms with Gasteiger partial charge in [0.15, 0.2) is 0 Å². The third kappa shape index (κ3) is 11.3. The molecular weight excluding hydrogens is 132 g/mol. The SMILES string of the molecule is CC.CCS/C(N)=C/N. The summed E-state index contributed by atoms with van der Waals surface area (Å²) in [6.07, 6.45) is 1.41. The maximum atomic E-state index is 5.28. The standard InChI is InChI=1S/C4H10N2S.C2H6/c1-2-7-4(6)3-5;1-2/h3H,2,5-6H2,1H3;1-2H3/b4-3+;. The van der Waals surface area contributed by atoms with Crippen LogP contribution in [-0.4, -0.2) is 5.75 Å². The second kappa shape index (κ2) is 10.6. The minimum atomic E-state index is 0.697. The maximum Gasteiger partial charge on any atom is 0.0813 e. The zero-order valence-electron chi connectivity index (χ0n) is 6.35. The van der Waals surface area contributed by atoms with Crippen LogP contribution in [0.3, 0.4) is 0 Å². The Hall–Kier alpha value is -0.310. The summed E-state index contributed by atoms with van der Waals surface area (Å²) in [4.78, 5) is 0. The summed E-state index contributed by atoms with van der Waals surface area (Å²) in [5.41, 5.74) is 10.3. The lowest BCUT2D eigenvalue weighted by Gasteiger charge is -1.91. The van der Waals surface area contributed by atoms with E-state index in [0.717, 1.165) is 5.75 Å². The zero-order chi connectivity index (χ0) is 7.70. The van der Waals surface area contributed by atoms with Crippen molar-refractivity contribution in [3.8, 4) is 0 Å². The number of thioether (sulfide) groups is 1. The van der Waals surface area contributed by atoms with Crippen molar-refractivity contribution in [1.29, 1.82) is 0 Å². The van der Waals surface area contributed by atoms with Crippen LogP contribution < -0.4 is 11.5 Å². The molecule has 3 heteroatoms. The van der Waals surface area contributed by atoms with E-state index in [0.29, 0.717) is 5.03 Å². The Balaban J connectivity index is 0. The first-order valence-corrected chi connectivity index (χ1v) is 4.10. The topological polar surface area (TPSA) is 52.0 Å². The Labute approximate surface area is 61.7 Å². The summed E-state index contributed by atoms with van der Waals surface area (Å²) >= 11 is 1.55. The highest BCUT2D eigenvalue weighted by Crippen LogP contribution is 2.04. The molecule has 0 radical (unpaired) electrons. The molecule has 9 heavy (non-hydrogen) atoms. The second-order valence-electron chi connectivity index (χ2n) is 1.00. The van der Waals surface area contributed by atoms with E-state index in [4.69, 9.17) is 11.5 Å². The Morgan fingerprint density at radius 3 is 2.11 bits per heavy atom. The van der Waals surface area contributed by atoms with Crippen LogP contribution in [0.4, 0.5) is 0 Å². The predicted octanol–water partition coefficient (Wildman–Crippen LogP) is 1.48. The lowest BCUT2D eigenvalue weighted by Crippen LogP contribution is -1.95. The van der Waals surface area contributed by atoms with Gasteiger partial charge in [-0.25, -0.2) is 0 Å². The second-order valence-corrected chi connectivity index (χ2v) is 2.34. The molecule has 0 unspecified atom stereocenters.